The standard InChI is InChI=1S/C69H49F2N/c1-5-44-28-32-46(33-29-44)68(48-16-13-18-50(70)40-48)61-25-11-8-20-54(61)57-38-36-52(42-63(57)68)72(65-27-15-23-59-56-22-7-10-24-60(56)67(3,4)66(59)65)53-37-39-58-55-21-9-12-26-62(55)69(64(58)43-53,49-17-14-19-51(71)41-49)47-34-30-45(6-2)31-35-47/h5-43H,1-2H2,3-4H3. The minimum Gasteiger partial charge on any atom is -0.310 e. The van der Waals surface area contributed by atoms with Crippen molar-refractivity contribution in [3.63, 3.8) is 0 Å². The van der Waals surface area contributed by atoms with Gasteiger partial charge in [-0.2, -0.15) is 0 Å². The van der Waals surface area contributed by atoms with Crippen LogP contribution in [0.4, 0.5) is 25.8 Å². The van der Waals surface area contributed by atoms with E-state index in [0.717, 1.165) is 95.0 Å². The van der Waals surface area contributed by atoms with E-state index in [1.54, 1.807) is 12.1 Å². The molecule has 0 N–H and O–H groups in total. The topological polar surface area (TPSA) is 3.24 Å². The van der Waals surface area contributed by atoms with Crippen molar-refractivity contribution in [2.24, 2.45) is 0 Å². The molecule has 0 spiro atoms. The van der Waals surface area contributed by atoms with E-state index >= 15 is 8.78 Å². The number of benzene rings is 10. The van der Waals surface area contributed by atoms with Crippen LogP contribution in [0, 0.1) is 11.6 Å². The van der Waals surface area contributed by atoms with Crippen LogP contribution in [0.1, 0.15) is 80.6 Å². The summed E-state index contributed by atoms with van der Waals surface area (Å²) >= 11 is 0. The normalized spacial score (nSPS) is 17.2. The number of rotatable bonds is 9. The van der Waals surface area contributed by atoms with E-state index in [1.807, 2.05) is 24.3 Å². The van der Waals surface area contributed by atoms with Crippen molar-refractivity contribution >= 4 is 29.2 Å². The van der Waals surface area contributed by atoms with Crippen LogP contribution in [0.3, 0.4) is 0 Å². The fourth-order valence-electron chi connectivity index (χ4n) is 13.0. The molecule has 72 heavy (non-hydrogen) atoms. The molecular weight excluding hydrogens is 881 g/mol. The van der Waals surface area contributed by atoms with Crippen LogP contribution in [-0.4, -0.2) is 0 Å². The second-order valence-corrected chi connectivity index (χ2v) is 19.9. The summed E-state index contributed by atoms with van der Waals surface area (Å²) in [5.74, 6) is -0.583. The first-order chi connectivity index (χ1) is 35.2. The molecule has 10 aromatic rings. The van der Waals surface area contributed by atoms with Crippen molar-refractivity contribution in [3.05, 3.63) is 316 Å². The molecule has 0 aliphatic heterocycles. The summed E-state index contributed by atoms with van der Waals surface area (Å²) in [5.41, 5.74) is 20.2. The number of hydrogen-bond donors (Lipinski definition) is 0. The Bertz CT molecular complexity index is 3660. The van der Waals surface area contributed by atoms with Crippen LogP contribution >= 0.6 is 0 Å². The van der Waals surface area contributed by atoms with Gasteiger partial charge in [0.05, 0.1) is 16.5 Å². The Kier molecular flexibility index (Phi) is 9.76. The first-order valence-corrected chi connectivity index (χ1v) is 24.7. The van der Waals surface area contributed by atoms with Gasteiger partial charge in [-0.25, -0.2) is 8.78 Å². The van der Waals surface area contributed by atoms with Gasteiger partial charge >= 0.3 is 0 Å². The van der Waals surface area contributed by atoms with Crippen LogP contribution in [0.2, 0.25) is 0 Å². The molecule has 0 heterocycles. The van der Waals surface area contributed by atoms with E-state index < -0.39 is 10.8 Å². The molecule has 0 aromatic heterocycles. The van der Waals surface area contributed by atoms with Gasteiger partial charge in [-0.15, -0.1) is 0 Å². The van der Waals surface area contributed by atoms with Crippen molar-refractivity contribution in [2.45, 2.75) is 30.1 Å². The van der Waals surface area contributed by atoms with E-state index in [0.29, 0.717) is 0 Å². The summed E-state index contributed by atoms with van der Waals surface area (Å²) in [4.78, 5) is 2.44. The second kappa shape index (κ2) is 16.2. The molecule has 0 bridgehead atoms. The summed E-state index contributed by atoms with van der Waals surface area (Å²) in [7, 11) is 0. The largest absolute Gasteiger partial charge is 0.310 e. The monoisotopic (exact) mass is 929 g/mol. The molecule has 3 aliphatic rings. The summed E-state index contributed by atoms with van der Waals surface area (Å²) in [6, 6.07) is 77.7. The molecule has 3 aliphatic carbocycles. The third kappa shape index (κ3) is 6.04. The molecular formula is C69H49F2N. The third-order valence-corrected chi connectivity index (χ3v) is 16.0. The van der Waals surface area contributed by atoms with Crippen molar-refractivity contribution in [1.82, 2.24) is 0 Å². The fraction of sp³-hybridized carbons (Fsp3) is 0.0725. The Morgan fingerprint density at radius 2 is 0.764 bits per heavy atom. The maximum Gasteiger partial charge on any atom is 0.123 e. The van der Waals surface area contributed by atoms with Gasteiger partial charge in [-0.1, -0.05) is 209 Å². The second-order valence-electron chi connectivity index (χ2n) is 19.9. The number of fused-ring (bicyclic) bond motifs is 9. The lowest BCUT2D eigenvalue weighted by Crippen LogP contribution is -2.29. The number of nitrogens with zero attached hydrogens (tertiary/aromatic N) is 1. The van der Waals surface area contributed by atoms with Gasteiger partial charge in [-0.3, -0.25) is 0 Å². The van der Waals surface area contributed by atoms with Gasteiger partial charge in [0.2, 0.25) is 0 Å². The molecule has 344 valence electrons. The zero-order valence-corrected chi connectivity index (χ0v) is 40.1. The SMILES string of the molecule is C=Cc1ccc(C2(c3cccc(F)c3)c3ccccc3-c3ccc(N(c4ccc5c(c4)C(c4ccc(C=C)cc4)(c4cccc(F)c4)c4ccccc4-5)c4cccc5c4C(C)(C)c4ccccc4-5)cc32)cc1. The first kappa shape index (κ1) is 43.4. The van der Waals surface area contributed by atoms with Crippen LogP contribution in [-0.2, 0) is 16.2 Å². The molecule has 0 saturated carbocycles. The predicted octanol–water partition coefficient (Wildman–Crippen LogP) is 17.8. The molecule has 0 fully saturated rings. The predicted molar refractivity (Wildman–Crippen MR) is 293 cm³/mol. The lowest BCUT2D eigenvalue weighted by molar-refractivity contribution is 0.620. The highest BCUT2D eigenvalue weighted by Gasteiger charge is 2.49. The van der Waals surface area contributed by atoms with Crippen LogP contribution < -0.4 is 4.90 Å². The molecule has 0 amide bonds. The number of anilines is 3. The zero-order chi connectivity index (χ0) is 48.9. The third-order valence-electron chi connectivity index (χ3n) is 16.0. The molecule has 0 saturated heterocycles. The molecule has 2 unspecified atom stereocenters. The quantitative estimate of drug-likeness (QED) is 0.139. The van der Waals surface area contributed by atoms with Crippen LogP contribution in [0.5, 0.6) is 0 Å². The van der Waals surface area contributed by atoms with Gasteiger partial charge in [0, 0.05) is 16.8 Å². The smallest absolute Gasteiger partial charge is 0.123 e. The van der Waals surface area contributed by atoms with Gasteiger partial charge in [0.1, 0.15) is 11.6 Å². The van der Waals surface area contributed by atoms with Crippen molar-refractivity contribution in [3.8, 4) is 33.4 Å². The summed E-state index contributed by atoms with van der Waals surface area (Å²) < 4.78 is 31.7. The first-order valence-electron chi connectivity index (χ1n) is 24.7. The van der Waals surface area contributed by atoms with Crippen molar-refractivity contribution < 1.29 is 8.78 Å². The van der Waals surface area contributed by atoms with Crippen LogP contribution in [0.25, 0.3) is 45.5 Å². The van der Waals surface area contributed by atoms with Gasteiger partial charge in [-0.05, 0) is 155 Å². The number of hydrogen-bond acceptors (Lipinski definition) is 1. The maximum atomic E-state index is 15.9. The molecule has 13 rings (SSSR count). The molecule has 3 heteroatoms. The van der Waals surface area contributed by atoms with Crippen molar-refractivity contribution in [2.75, 3.05) is 4.90 Å². The Hall–Kier alpha value is -8.66. The average Bonchev–Trinajstić information content (AvgIpc) is 3.98. The van der Waals surface area contributed by atoms with E-state index in [-0.39, 0.29) is 17.0 Å². The van der Waals surface area contributed by atoms with Gasteiger partial charge in [0.25, 0.3) is 0 Å². The van der Waals surface area contributed by atoms with E-state index in [2.05, 4.69) is 220 Å². The lowest BCUT2D eigenvalue weighted by Gasteiger charge is -2.37. The number of halogens is 2. The lowest BCUT2D eigenvalue weighted by atomic mass is 9.67. The average molecular weight is 930 g/mol. The van der Waals surface area contributed by atoms with Crippen LogP contribution in [0.15, 0.2) is 238 Å². The van der Waals surface area contributed by atoms with Crippen molar-refractivity contribution in [1.29, 1.82) is 0 Å². The summed E-state index contributed by atoms with van der Waals surface area (Å²) in [5, 5.41) is 0. The Morgan fingerprint density at radius 1 is 0.361 bits per heavy atom. The van der Waals surface area contributed by atoms with E-state index in [1.165, 1.54) is 34.4 Å². The van der Waals surface area contributed by atoms with Gasteiger partial charge in [0.15, 0.2) is 0 Å². The Labute approximate surface area is 420 Å². The molecule has 2 atom stereocenters. The van der Waals surface area contributed by atoms with Gasteiger partial charge < -0.3 is 4.90 Å². The Morgan fingerprint density at radius 3 is 1.22 bits per heavy atom. The zero-order valence-electron chi connectivity index (χ0n) is 40.1. The molecule has 0 radical (unpaired) electrons. The minimum atomic E-state index is -0.882. The van der Waals surface area contributed by atoms with E-state index in [9.17, 15) is 0 Å². The summed E-state index contributed by atoms with van der Waals surface area (Å²) in [6.07, 6.45) is 3.72. The molecule has 1 nitrogen and oxygen atoms in total. The summed E-state index contributed by atoms with van der Waals surface area (Å²) in [6.45, 7) is 12.8. The highest BCUT2D eigenvalue weighted by Crippen LogP contribution is 2.61. The maximum absolute atomic E-state index is 15.9. The Balaban J connectivity index is 1.13. The molecule has 10 aromatic carbocycles. The van der Waals surface area contributed by atoms with E-state index in [4.69, 9.17) is 0 Å². The fourth-order valence-corrected chi connectivity index (χ4v) is 13.0. The highest BCUT2D eigenvalue weighted by atomic mass is 19.1. The highest BCUT2D eigenvalue weighted by molar-refractivity contribution is 5.95. The minimum absolute atomic E-state index is 0.292.